The minimum atomic E-state index is -0.266. The average Bonchev–Trinajstić information content (AvgIpc) is 2.86. The van der Waals surface area contributed by atoms with E-state index in [-0.39, 0.29) is 35.9 Å². The van der Waals surface area contributed by atoms with E-state index >= 15 is 0 Å². The van der Waals surface area contributed by atoms with E-state index in [9.17, 15) is 14.4 Å². The molecule has 3 fully saturated rings. The summed E-state index contributed by atoms with van der Waals surface area (Å²) in [5.41, 5.74) is 1.30. The van der Waals surface area contributed by atoms with Gasteiger partial charge in [0, 0.05) is 31.7 Å². The van der Waals surface area contributed by atoms with Crippen LogP contribution >= 0.6 is 0 Å². The first-order valence-corrected chi connectivity index (χ1v) is 9.04. The highest BCUT2D eigenvalue weighted by Gasteiger charge is 2.41. The maximum atomic E-state index is 12.8. The van der Waals surface area contributed by atoms with Crippen LogP contribution in [-0.2, 0) is 16.1 Å². The number of hydrogen-bond acceptors (Lipinski definition) is 4. The number of fused-ring (bicyclic) bond motifs is 4. The van der Waals surface area contributed by atoms with Crippen molar-refractivity contribution in [3.05, 3.63) is 27.7 Å². The molecule has 0 saturated carbocycles. The highest BCUT2D eigenvalue weighted by atomic mass is 16.2. The van der Waals surface area contributed by atoms with Crippen molar-refractivity contribution in [3.8, 4) is 0 Å². The Morgan fingerprint density at radius 1 is 1.24 bits per heavy atom. The van der Waals surface area contributed by atoms with Crippen LogP contribution in [0.2, 0.25) is 0 Å². The Bertz CT molecular complexity index is 742. The Labute approximate surface area is 147 Å². The van der Waals surface area contributed by atoms with Crippen molar-refractivity contribution in [2.24, 2.45) is 5.92 Å². The molecule has 0 radical (unpaired) electrons. The zero-order chi connectivity index (χ0) is 18.1. The number of carbonyl (C=O) groups is 2. The van der Waals surface area contributed by atoms with E-state index in [4.69, 9.17) is 0 Å². The van der Waals surface area contributed by atoms with Gasteiger partial charge in [-0.1, -0.05) is 6.92 Å². The summed E-state index contributed by atoms with van der Waals surface area (Å²) in [6, 6.07) is 1.61. The lowest BCUT2D eigenvalue weighted by Crippen LogP contribution is -2.48. The van der Waals surface area contributed by atoms with Crippen molar-refractivity contribution in [1.29, 1.82) is 0 Å². The van der Waals surface area contributed by atoms with Gasteiger partial charge in [-0.3, -0.25) is 14.4 Å². The van der Waals surface area contributed by atoms with Gasteiger partial charge in [-0.05, 0) is 38.7 Å². The Kier molecular flexibility index (Phi) is 4.92. The SMILES string of the molecule is CCCN1C(=O)[C@H]2CC[C@@H]1CN(C(=O)Cn1nc(C)c(C)cc1=O)C2. The molecule has 2 atom stereocenters. The Balaban J connectivity index is 1.76. The first-order valence-electron chi connectivity index (χ1n) is 9.04. The summed E-state index contributed by atoms with van der Waals surface area (Å²) in [5, 5.41) is 4.22. The fourth-order valence-corrected chi connectivity index (χ4v) is 3.79. The monoisotopic (exact) mass is 346 g/mol. The summed E-state index contributed by atoms with van der Waals surface area (Å²) >= 11 is 0. The van der Waals surface area contributed by atoms with Crippen LogP contribution in [0.3, 0.4) is 0 Å². The minimum Gasteiger partial charge on any atom is -0.338 e. The summed E-state index contributed by atoms with van der Waals surface area (Å²) in [7, 11) is 0. The molecule has 2 amide bonds. The lowest BCUT2D eigenvalue weighted by Gasteiger charge is -2.35. The highest BCUT2D eigenvalue weighted by Crippen LogP contribution is 2.29. The van der Waals surface area contributed by atoms with Gasteiger partial charge >= 0.3 is 0 Å². The number of rotatable bonds is 4. The van der Waals surface area contributed by atoms with E-state index in [2.05, 4.69) is 12.0 Å². The number of amides is 2. The van der Waals surface area contributed by atoms with Gasteiger partial charge in [0.2, 0.25) is 11.8 Å². The molecule has 3 aliphatic heterocycles. The van der Waals surface area contributed by atoms with Crippen LogP contribution < -0.4 is 5.56 Å². The van der Waals surface area contributed by atoms with E-state index in [1.807, 2.05) is 18.7 Å². The predicted octanol–water partition coefficient (Wildman–Crippen LogP) is 0.720. The molecule has 7 nitrogen and oxygen atoms in total. The second kappa shape index (κ2) is 6.98. The van der Waals surface area contributed by atoms with E-state index in [0.717, 1.165) is 37.1 Å². The number of piperidine rings is 1. The summed E-state index contributed by atoms with van der Waals surface area (Å²) in [5.74, 6) is -0.0746. The van der Waals surface area contributed by atoms with Crippen molar-refractivity contribution >= 4 is 11.8 Å². The molecule has 0 spiro atoms. The van der Waals surface area contributed by atoms with Gasteiger partial charge < -0.3 is 9.80 Å². The Hall–Kier alpha value is -2.18. The lowest BCUT2D eigenvalue weighted by molar-refractivity contribution is -0.139. The molecule has 2 bridgehead atoms. The summed E-state index contributed by atoms with van der Waals surface area (Å²) in [6.45, 7) is 7.41. The molecule has 3 saturated heterocycles. The van der Waals surface area contributed by atoms with Gasteiger partial charge in [-0.2, -0.15) is 5.10 Å². The molecule has 4 heterocycles. The number of nitrogens with zero attached hydrogens (tertiary/aromatic N) is 4. The number of aryl methyl sites for hydroxylation is 2. The number of hydrogen-bond donors (Lipinski definition) is 0. The third kappa shape index (κ3) is 3.45. The van der Waals surface area contributed by atoms with E-state index < -0.39 is 0 Å². The standard InChI is InChI=1S/C18H26N4O3/c1-4-7-21-15-6-5-14(18(21)25)9-20(10-15)17(24)11-22-16(23)8-12(2)13(3)19-22/h8,14-15H,4-7,9-11H2,1-3H3/t14-,15+/m0/s1. The van der Waals surface area contributed by atoms with Crippen LogP contribution in [0, 0.1) is 19.8 Å². The molecule has 25 heavy (non-hydrogen) atoms. The van der Waals surface area contributed by atoms with E-state index in [1.165, 1.54) is 10.7 Å². The fraction of sp³-hybridized carbons (Fsp3) is 0.667. The summed E-state index contributed by atoms with van der Waals surface area (Å²) in [6.07, 6.45) is 2.71. The van der Waals surface area contributed by atoms with Crippen LogP contribution in [0.15, 0.2) is 10.9 Å². The predicted molar refractivity (Wildman–Crippen MR) is 93.1 cm³/mol. The zero-order valence-corrected chi connectivity index (χ0v) is 15.2. The molecule has 0 N–H and O–H groups in total. The van der Waals surface area contributed by atoms with E-state index in [0.29, 0.717) is 13.1 Å². The van der Waals surface area contributed by atoms with Gasteiger partial charge in [0.25, 0.3) is 5.56 Å². The van der Waals surface area contributed by atoms with Crippen LogP contribution in [0.4, 0.5) is 0 Å². The molecule has 1 aromatic rings. The molecule has 0 unspecified atom stereocenters. The molecular weight excluding hydrogens is 320 g/mol. The smallest absolute Gasteiger partial charge is 0.267 e. The first-order chi connectivity index (χ1) is 11.9. The van der Waals surface area contributed by atoms with Crippen LogP contribution in [-0.4, -0.2) is 57.1 Å². The lowest BCUT2D eigenvalue weighted by atomic mass is 9.94. The molecule has 4 rings (SSSR count). The average molecular weight is 346 g/mol. The topological polar surface area (TPSA) is 75.5 Å². The zero-order valence-electron chi connectivity index (χ0n) is 15.2. The van der Waals surface area contributed by atoms with Crippen molar-refractivity contribution < 1.29 is 9.59 Å². The van der Waals surface area contributed by atoms with Gasteiger partial charge in [-0.15, -0.1) is 0 Å². The third-order valence-electron chi connectivity index (χ3n) is 5.33. The molecule has 7 heteroatoms. The van der Waals surface area contributed by atoms with Gasteiger partial charge in [0.1, 0.15) is 6.54 Å². The second-order valence-electron chi connectivity index (χ2n) is 7.17. The third-order valence-corrected chi connectivity index (χ3v) is 5.33. The molecule has 3 aliphatic rings. The molecule has 0 aliphatic carbocycles. The van der Waals surface area contributed by atoms with Crippen LogP contribution in [0.25, 0.3) is 0 Å². The molecule has 136 valence electrons. The molecule has 0 aromatic carbocycles. The fourth-order valence-electron chi connectivity index (χ4n) is 3.79. The Morgan fingerprint density at radius 3 is 2.72 bits per heavy atom. The first kappa shape index (κ1) is 17.6. The van der Waals surface area contributed by atoms with Gasteiger partial charge in [0.05, 0.1) is 11.6 Å². The molecular formula is C18H26N4O3. The largest absolute Gasteiger partial charge is 0.338 e. The summed E-state index contributed by atoms with van der Waals surface area (Å²) in [4.78, 5) is 41.1. The molecule has 1 aromatic heterocycles. The van der Waals surface area contributed by atoms with Crippen LogP contribution in [0.5, 0.6) is 0 Å². The number of aromatic nitrogens is 2. The van der Waals surface area contributed by atoms with Crippen molar-refractivity contribution in [2.45, 2.75) is 52.6 Å². The number of carbonyl (C=O) groups excluding carboxylic acids is 2. The maximum absolute atomic E-state index is 12.8. The van der Waals surface area contributed by atoms with Crippen molar-refractivity contribution in [1.82, 2.24) is 19.6 Å². The van der Waals surface area contributed by atoms with E-state index in [1.54, 1.807) is 4.90 Å². The summed E-state index contributed by atoms with van der Waals surface area (Å²) < 4.78 is 1.23. The van der Waals surface area contributed by atoms with Crippen molar-refractivity contribution in [3.63, 3.8) is 0 Å². The quantitative estimate of drug-likeness (QED) is 0.805. The van der Waals surface area contributed by atoms with Crippen LogP contribution in [0.1, 0.15) is 37.4 Å². The maximum Gasteiger partial charge on any atom is 0.267 e. The Morgan fingerprint density at radius 2 is 2.00 bits per heavy atom. The normalized spacial score (nSPS) is 23.1. The van der Waals surface area contributed by atoms with Gasteiger partial charge in [0.15, 0.2) is 0 Å². The highest BCUT2D eigenvalue weighted by molar-refractivity contribution is 5.83. The van der Waals surface area contributed by atoms with Crippen molar-refractivity contribution in [2.75, 3.05) is 19.6 Å². The minimum absolute atomic E-state index is 0.0681. The second-order valence-corrected chi connectivity index (χ2v) is 7.17. The van der Waals surface area contributed by atoms with Gasteiger partial charge in [-0.25, -0.2) is 4.68 Å².